The fourth-order valence-electron chi connectivity index (χ4n) is 1.79. The first-order valence-electron chi connectivity index (χ1n) is 6.63. The minimum absolute atomic E-state index is 0.00491. The summed E-state index contributed by atoms with van der Waals surface area (Å²) >= 11 is 0.880. The molecule has 0 aliphatic heterocycles. The van der Waals surface area contributed by atoms with Gasteiger partial charge < -0.3 is 10.4 Å². The van der Waals surface area contributed by atoms with Crippen LogP contribution in [0.15, 0.2) is 28.2 Å². The molecule has 0 saturated carbocycles. The van der Waals surface area contributed by atoms with Crippen molar-refractivity contribution in [2.75, 3.05) is 18.5 Å². The fourth-order valence-corrected chi connectivity index (χ4v) is 2.62. The molecule has 0 aliphatic carbocycles. The molecule has 2 aromatic rings. The molecule has 0 fully saturated rings. The smallest absolute Gasteiger partial charge is 0.375 e. The van der Waals surface area contributed by atoms with Gasteiger partial charge in [-0.3, -0.25) is 19.9 Å². The van der Waals surface area contributed by atoms with E-state index in [1.807, 2.05) is 0 Å². The van der Waals surface area contributed by atoms with Gasteiger partial charge in [0.2, 0.25) is 5.82 Å². The van der Waals surface area contributed by atoms with E-state index in [-0.39, 0.29) is 35.4 Å². The molecule has 0 atom stereocenters. The Morgan fingerprint density at radius 3 is 2.83 bits per heavy atom. The molecule has 128 valence electrons. The molecule has 0 radical (unpaired) electrons. The molecule has 0 amide bonds. The average Bonchev–Trinajstić information content (AvgIpc) is 2.53. The molecule has 1 aromatic carbocycles. The molecule has 11 heteroatoms. The van der Waals surface area contributed by atoms with E-state index >= 15 is 0 Å². The lowest BCUT2D eigenvalue weighted by Crippen LogP contribution is -2.19. The highest BCUT2D eigenvalue weighted by Crippen LogP contribution is 2.24. The van der Waals surface area contributed by atoms with E-state index in [1.165, 1.54) is 12.1 Å². The molecule has 1 heterocycles. The number of H-pyrrole nitrogens is 1. The molecule has 2 rings (SSSR count). The molecule has 8 nitrogen and oxygen atoms in total. The first-order chi connectivity index (χ1) is 11.4. The van der Waals surface area contributed by atoms with E-state index in [0.717, 1.165) is 17.8 Å². The van der Waals surface area contributed by atoms with Gasteiger partial charge in [-0.05, 0) is 6.07 Å². The van der Waals surface area contributed by atoms with Crippen LogP contribution in [-0.4, -0.2) is 33.1 Å². The summed E-state index contributed by atoms with van der Waals surface area (Å²) in [5.41, 5.74) is -1.71. The van der Waals surface area contributed by atoms with E-state index in [0.29, 0.717) is 0 Å². The van der Waals surface area contributed by atoms with Crippen LogP contribution in [0.25, 0.3) is 0 Å². The molecular formula is C13H12F2N4O4S. The summed E-state index contributed by atoms with van der Waals surface area (Å²) in [5, 5.41) is 22.2. The van der Waals surface area contributed by atoms with Crippen LogP contribution in [0.2, 0.25) is 0 Å². The van der Waals surface area contributed by atoms with Crippen LogP contribution in [0.5, 0.6) is 0 Å². The summed E-state index contributed by atoms with van der Waals surface area (Å²) in [6.45, 7) is -0.359. The molecule has 0 unspecified atom stereocenters. The number of thioether (sulfide) groups is 1. The van der Waals surface area contributed by atoms with E-state index in [4.69, 9.17) is 5.11 Å². The highest BCUT2D eigenvalue weighted by molar-refractivity contribution is 7.98. The summed E-state index contributed by atoms with van der Waals surface area (Å²) in [4.78, 5) is 27.9. The van der Waals surface area contributed by atoms with Crippen LogP contribution in [-0.2, 0) is 5.75 Å². The Kier molecular flexibility index (Phi) is 5.82. The zero-order valence-corrected chi connectivity index (χ0v) is 12.9. The fraction of sp³-hybridized carbons (Fsp3) is 0.231. The van der Waals surface area contributed by atoms with Crippen molar-refractivity contribution in [2.45, 2.75) is 10.9 Å². The average molecular weight is 358 g/mol. The summed E-state index contributed by atoms with van der Waals surface area (Å²) in [6, 6.07) is 3.70. The molecule has 24 heavy (non-hydrogen) atoms. The van der Waals surface area contributed by atoms with Gasteiger partial charge >= 0.3 is 11.2 Å². The number of nitrogens with one attached hydrogen (secondary N) is 2. The summed E-state index contributed by atoms with van der Waals surface area (Å²) in [5.74, 6) is -2.35. The molecule has 0 spiro atoms. The van der Waals surface area contributed by atoms with E-state index in [9.17, 15) is 23.7 Å². The summed E-state index contributed by atoms with van der Waals surface area (Å²) in [6.07, 6.45) is 0. The minimum Gasteiger partial charge on any atom is -0.395 e. The second kappa shape index (κ2) is 7.84. The van der Waals surface area contributed by atoms with Crippen LogP contribution in [0, 0.1) is 21.7 Å². The number of halogens is 2. The second-order valence-corrected chi connectivity index (χ2v) is 5.44. The van der Waals surface area contributed by atoms with Gasteiger partial charge in [0, 0.05) is 17.9 Å². The van der Waals surface area contributed by atoms with Gasteiger partial charge in [0.25, 0.3) is 0 Å². The van der Waals surface area contributed by atoms with E-state index in [1.54, 1.807) is 0 Å². The Morgan fingerprint density at radius 2 is 2.17 bits per heavy atom. The Labute approximate surface area is 138 Å². The summed E-state index contributed by atoms with van der Waals surface area (Å²) in [7, 11) is 0. The minimum atomic E-state index is -1.01. The van der Waals surface area contributed by atoms with Gasteiger partial charge in [-0.1, -0.05) is 23.9 Å². The van der Waals surface area contributed by atoms with Gasteiger partial charge in [0.15, 0.2) is 16.8 Å². The molecule has 0 saturated heterocycles. The molecule has 3 N–H and O–H groups in total. The Morgan fingerprint density at radius 1 is 1.42 bits per heavy atom. The Hall–Kier alpha value is -2.53. The standard InChI is InChI=1S/C13H12F2N4O4S/c14-8-3-1-2-7(9(8)15)6-24-13-17-11(16-4-5-20)10(19(22)23)12(21)18-13/h1-3,20H,4-6H2,(H2,16,17,18,21). The Balaban J connectivity index is 2.27. The zero-order valence-electron chi connectivity index (χ0n) is 12.1. The second-order valence-electron chi connectivity index (χ2n) is 4.48. The third-order valence-electron chi connectivity index (χ3n) is 2.86. The number of nitro groups is 1. The maximum absolute atomic E-state index is 13.6. The molecule has 0 aliphatic rings. The van der Waals surface area contributed by atoms with Crippen molar-refractivity contribution in [3.05, 3.63) is 55.9 Å². The zero-order chi connectivity index (χ0) is 17.7. The number of hydrogen-bond acceptors (Lipinski definition) is 7. The molecule has 1 aromatic heterocycles. The first kappa shape index (κ1) is 17.8. The number of rotatable bonds is 7. The van der Waals surface area contributed by atoms with E-state index in [2.05, 4.69) is 15.3 Å². The lowest BCUT2D eigenvalue weighted by molar-refractivity contribution is -0.385. The molecule has 0 bridgehead atoms. The quantitative estimate of drug-likeness (QED) is 0.298. The predicted octanol–water partition coefficient (Wildman–Crippen LogP) is 1.65. The number of nitrogens with zero attached hydrogens (tertiary/aromatic N) is 2. The van der Waals surface area contributed by atoms with Crippen LogP contribution in [0.3, 0.4) is 0 Å². The maximum atomic E-state index is 13.6. The largest absolute Gasteiger partial charge is 0.395 e. The van der Waals surface area contributed by atoms with Crippen molar-refractivity contribution >= 4 is 23.3 Å². The number of hydrogen-bond donors (Lipinski definition) is 3. The highest BCUT2D eigenvalue weighted by Gasteiger charge is 2.22. The number of benzene rings is 1. The van der Waals surface area contributed by atoms with Crippen molar-refractivity contribution in [1.29, 1.82) is 0 Å². The SMILES string of the molecule is O=c1[nH]c(SCc2cccc(F)c2F)nc(NCCO)c1[N+](=O)[O-]. The summed E-state index contributed by atoms with van der Waals surface area (Å²) < 4.78 is 26.7. The van der Waals surface area contributed by atoms with Gasteiger partial charge in [0.05, 0.1) is 11.5 Å². The normalized spacial score (nSPS) is 10.6. The van der Waals surface area contributed by atoms with Crippen molar-refractivity contribution < 1.29 is 18.8 Å². The van der Waals surface area contributed by atoms with Gasteiger partial charge in [-0.25, -0.2) is 8.78 Å². The van der Waals surface area contributed by atoms with Gasteiger partial charge in [-0.15, -0.1) is 0 Å². The maximum Gasteiger partial charge on any atom is 0.375 e. The predicted molar refractivity (Wildman–Crippen MR) is 83.0 cm³/mol. The van der Waals surface area contributed by atoms with Crippen LogP contribution >= 0.6 is 11.8 Å². The number of aliphatic hydroxyl groups excluding tert-OH is 1. The van der Waals surface area contributed by atoms with Gasteiger partial charge in [-0.2, -0.15) is 4.98 Å². The third kappa shape index (κ3) is 4.06. The molecular weight excluding hydrogens is 346 g/mol. The lowest BCUT2D eigenvalue weighted by Gasteiger charge is -2.07. The van der Waals surface area contributed by atoms with E-state index < -0.39 is 27.8 Å². The van der Waals surface area contributed by atoms with Crippen molar-refractivity contribution in [2.24, 2.45) is 0 Å². The topological polar surface area (TPSA) is 121 Å². The van der Waals surface area contributed by atoms with Crippen LogP contribution in [0.4, 0.5) is 20.3 Å². The highest BCUT2D eigenvalue weighted by atomic mass is 32.2. The van der Waals surface area contributed by atoms with Gasteiger partial charge in [0.1, 0.15) is 0 Å². The number of aromatic nitrogens is 2. The number of aromatic amines is 1. The number of anilines is 1. The van der Waals surface area contributed by atoms with Crippen molar-refractivity contribution in [1.82, 2.24) is 9.97 Å². The van der Waals surface area contributed by atoms with Crippen LogP contribution in [0.1, 0.15) is 5.56 Å². The third-order valence-corrected chi connectivity index (χ3v) is 3.78. The Bertz CT molecular complexity index is 815. The number of aliphatic hydroxyl groups is 1. The van der Waals surface area contributed by atoms with Crippen molar-refractivity contribution in [3.63, 3.8) is 0 Å². The first-order valence-corrected chi connectivity index (χ1v) is 7.61. The monoisotopic (exact) mass is 358 g/mol. The van der Waals surface area contributed by atoms with Crippen molar-refractivity contribution in [3.8, 4) is 0 Å². The lowest BCUT2D eigenvalue weighted by atomic mass is 10.2. The van der Waals surface area contributed by atoms with Crippen LogP contribution < -0.4 is 10.9 Å².